The smallest absolute Gasteiger partial charge is 0.308 e. The highest BCUT2D eigenvalue weighted by atomic mass is 79.9. The van der Waals surface area contributed by atoms with Crippen molar-refractivity contribution in [3.05, 3.63) is 28.5 Å². The van der Waals surface area contributed by atoms with Gasteiger partial charge in [-0.05, 0) is 47.3 Å². The summed E-state index contributed by atoms with van der Waals surface area (Å²) in [4.78, 5) is 29.5. The minimum absolute atomic E-state index is 0.0746. The zero-order valence-electron chi connectivity index (χ0n) is 10.1. The van der Waals surface area contributed by atoms with Crippen LogP contribution in [0.3, 0.4) is 0 Å². The maximum atomic E-state index is 12.5. The third kappa shape index (κ3) is 2.04. The highest BCUT2D eigenvalue weighted by Gasteiger charge is 2.51. The third-order valence-corrected chi connectivity index (χ3v) is 4.50. The molecule has 6 heteroatoms. The van der Waals surface area contributed by atoms with Gasteiger partial charge in [-0.15, -0.1) is 0 Å². The third-order valence-electron chi connectivity index (χ3n) is 4.06. The van der Waals surface area contributed by atoms with Crippen LogP contribution in [0.4, 0.5) is 0 Å². The van der Waals surface area contributed by atoms with E-state index in [-0.39, 0.29) is 18.0 Å². The maximum absolute atomic E-state index is 12.5. The predicted octanol–water partition coefficient (Wildman–Crippen LogP) is 1.92. The molecule has 0 saturated carbocycles. The normalized spacial score (nSPS) is 28.7. The lowest BCUT2D eigenvalue weighted by Gasteiger charge is -2.23. The number of carboxylic acid groups (broad SMARTS) is 1. The molecule has 3 unspecified atom stereocenters. The van der Waals surface area contributed by atoms with Gasteiger partial charge in [-0.1, -0.05) is 0 Å². The van der Waals surface area contributed by atoms with Crippen LogP contribution in [-0.4, -0.2) is 39.0 Å². The molecule has 1 N–H and O–H groups in total. The van der Waals surface area contributed by atoms with Crippen molar-refractivity contribution in [1.29, 1.82) is 0 Å². The first-order valence-corrected chi connectivity index (χ1v) is 7.04. The van der Waals surface area contributed by atoms with Gasteiger partial charge in [0, 0.05) is 23.8 Å². The molecule has 0 radical (unpaired) electrons. The second kappa shape index (κ2) is 4.59. The fraction of sp³-hybridized carbons (Fsp3) is 0.462. The van der Waals surface area contributed by atoms with E-state index in [4.69, 9.17) is 0 Å². The van der Waals surface area contributed by atoms with E-state index in [2.05, 4.69) is 20.9 Å². The Bertz CT molecular complexity index is 548. The molecule has 2 bridgehead atoms. The number of aliphatic carboxylic acids is 1. The van der Waals surface area contributed by atoms with Crippen LogP contribution in [0.2, 0.25) is 0 Å². The Labute approximate surface area is 118 Å². The molecule has 2 saturated heterocycles. The van der Waals surface area contributed by atoms with Crippen molar-refractivity contribution in [2.45, 2.75) is 31.3 Å². The summed E-state index contributed by atoms with van der Waals surface area (Å²) in [6.45, 7) is 0. The van der Waals surface area contributed by atoms with Gasteiger partial charge in [0.1, 0.15) is 4.60 Å². The number of hydrogen-bond acceptors (Lipinski definition) is 3. The van der Waals surface area contributed by atoms with Gasteiger partial charge in [0.25, 0.3) is 5.91 Å². The Morgan fingerprint density at radius 3 is 2.84 bits per heavy atom. The molecule has 1 aromatic rings. The summed E-state index contributed by atoms with van der Waals surface area (Å²) < 4.78 is 0.611. The standard InChI is InChI=1S/C13H13BrN2O3/c14-11-5-7(3-4-15-11)12(17)16-8-1-2-10(16)9(6-8)13(18)19/h3-5,8-10H,1-2,6H2,(H,18,19). The molecule has 5 nitrogen and oxygen atoms in total. The molecule has 2 aliphatic heterocycles. The zero-order chi connectivity index (χ0) is 13.6. The lowest BCUT2D eigenvalue weighted by Crippen LogP contribution is -2.37. The van der Waals surface area contributed by atoms with Crippen molar-refractivity contribution >= 4 is 27.8 Å². The average Bonchev–Trinajstić information content (AvgIpc) is 2.95. The summed E-state index contributed by atoms with van der Waals surface area (Å²) >= 11 is 3.24. The summed E-state index contributed by atoms with van der Waals surface area (Å²) in [6.07, 6.45) is 3.86. The molecule has 2 fully saturated rings. The van der Waals surface area contributed by atoms with Crippen molar-refractivity contribution in [2.75, 3.05) is 0 Å². The first kappa shape index (κ1) is 12.6. The van der Waals surface area contributed by atoms with Gasteiger partial charge in [-0.3, -0.25) is 9.59 Å². The van der Waals surface area contributed by atoms with Gasteiger partial charge in [0.05, 0.1) is 5.92 Å². The van der Waals surface area contributed by atoms with Crippen LogP contribution in [0.5, 0.6) is 0 Å². The Hall–Kier alpha value is -1.43. The lowest BCUT2D eigenvalue weighted by atomic mass is 9.89. The van der Waals surface area contributed by atoms with Gasteiger partial charge in [0.15, 0.2) is 0 Å². The number of nitrogens with zero attached hydrogens (tertiary/aromatic N) is 2. The highest BCUT2D eigenvalue weighted by molar-refractivity contribution is 9.10. The number of amides is 1. The molecule has 0 aromatic carbocycles. The fourth-order valence-electron chi connectivity index (χ4n) is 3.26. The molecule has 0 aliphatic carbocycles. The maximum Gasteiger partial charge on any atom is 0.308 e. The van der Waals surface area contributed by atoms with Crippen LogP contribution in [0.1, 0.15) is 29.6 Å². The molecule has 3 atom stereocenters. The highest BCUT2D eigenvalue weighted by Crippen LogP contribution is 2.42. The molecule has 2 aliphatic rings. The summed E-state index contributed by atoms with van der Waals surface area (Å²) in [5.74, 6) is -1.28. The minimum Gasteiger partial charge on any atom is -0.481 e. The second-order valence-electron chi connectivity index (χ2n) is 5.06. The van der Waals surface area contributed by atoms with E-state index in [1.807, 2.05) is 0 Å². The van der Waals surface area contributed by atoms with E-state index in [0.717, 1.165) is 12.8 Å². The Balaban J connectivity index is 1.87. The van der Waals surface area contributed by atoms with Crippen LogP contribution in [-0.2, 0) is 4.79 Å². The number of halogens is 1. The Morgan fingerprint density at radius 2 is 2.21 bits per heavy atom. The van der Waals surface area contributed by atoms with Crippen LogP contribution < -0.4 is 0 Å². The Morgan fingerprint density at radius 1 is 1.42 bits per heavy atom. The lowest BCUT2D eigenvalue weighted by molar-refractivity contribution is -0.142. The van der Waals surface area contributed by atoms with Gasteiger partial charge in [0.2, 0.25) is 0 Å². The van der Waals surface area contributed by atoms with E-state index in [9.17, 15) is 14.7 Å². The monoisotopic (exact) mass is 324 g/mol. The number of rotatable bonds is 2. The van der Waals surface area contributed by atoms with Crippen molar-refractivity contribution in [3.63, 3.8) is 0 Å². The van der Waals surface area contributed by atoms with Gasteiger partial charge >= 0.3 is 5.97 Å². The van der Waals surface area contributed by atoms with Gasteiger partial charge < -0.3 is 10.0 Å². The zero-order valence-corrected chi connectivity index (χ0v) is 11.7. The average molecular weight is 325 g/mol. The predicted molar refractivity (Wildman–Crippen MR) is 70.7 cm³/mol. The largest absolute Gasteiger partial charge is 0.481 e. The quantitative estimate of drug-likeness (QED) is 0.844. The topological polar surface area (TPSA) is 70.5 Å². The van der Waals surface area contributed by atoms with E-state index in [0.29, 0.717) is 16.6 Å². The number of aromatic nitrogens is 1. The number of carbonyl (C=O) groups is 2. The van der Waals surface area contributed by atoms with E-state index >= 15 is 0 Å². The molecule has 1 amide bonds. The summed E-state index contributed by atoms with van der Waals surface area (Å²) in [7, 11) is 0. The Kier molecular flexibility index (Phi) is 3.05. The molecular weight excluding hydrogens is 312 g/mol. The summed E-state index contributed by atoms with van der Waals surface area (Å²) in [6, 6.07) is 3.27. The van der Waals surface area contributed by atoms with Gasteiger partial charge in [-0.2, -0.15) is 0 Å². The van der Waals surface area contributed by atoms with Crippen LogP contribution in [0, 0.1) is 5.92 Å². The van der Waals surface area contributed by atoms with Crippen molar-refractivity contribution in [2.24, 2.45) is 5.92 Å². The number of hydrogen-bond donors (Lipinski definition) is 1. The van der Waals surface area contributed by atoms with E-state index in [1.165, 1.54) is 0 Å². The molecule has 3 heterocycles. The molecule has 100 valence electrons. The summed E-state index contributed by atoms with van der Waals surface area (Å²) in [5, 5.41) is 9.19. The fourth-order valence-corrected chi connectivity index (χ4v) is 3.62. The molecular formula is C13H13BrN2O3. The first-order chi connectivity index (χ1) is 9.08. The number of carboxylic acids is 1. The van der Waals surface area contributed by atoms with Crippen molar-refractivity contribution < 1.29 is 14.7 Å². The molecule has 1 aromatic heterocycles. The van der Waals surface area contributed by atoms with Crippen molar-refractivity contribution in [1.82, 2.24) is 9.88 Å². The molecule has 19 heavy (non-hydrogen) atoms. The van der Waals surface area contributed by atoms with Crippen LogP contribution in [0.25, 0.3) is 0 Å². The van der Waals surface area contributed by atoms with Gasteiger partial charge in [-0.25, -0.2) is 4.98 Å². The van der Waals surface area contributed by atoms with E-state index < -0.39 is 11.9 Å². The number of carbonyl (C=O) groups excluding carboxylic acids is 1. The molecule has 3 rings (SSSR count). The number of pyridine rings is 1. The molecule has 0 spiro atoms. The van der Waals surface area contributed by atoms with Crippen LogP contribution in [0.15, 0.2) is 22.9 Å². The summed E-state index contributed by atoms with van der Waals surface area (Å²) in [5.41, 5.74) is 0.560. The second-order valence-corrected chi connectivity index (χ2v) is 5.87. The van der Waals surface area contributed by atoms with E-state index in [1.54, 1.807) is 23.2 Å². The van der Waals surface area contributed by atoms with Crippen molar-refractivity contribution in [3.8, 4) is 0 Å². The first-order valence-electron chi connectivity index (χ1n) is 6.25. The SMILES string of the molecule is O=C(O)C1CC2CCC1N2C(=O)c1ccnc(Br)c1. The minimum atomic E-state index is -0.791. The number of fused-ring (bicyclic) bond motifs is 2. The van der Waals surface area contributed by atoms with Crippen LogP contribution >= 0.6 is 15.9 Å².